The Balaban J connectivity index is 1.63. The summed E-state index contributed by atoms with van der Waals surface area (Å²) < 4.78 is 5.16. The quantitative estimate of drug-likeness (QED) is 0.783. The van der Waals surface area contributed by atoms with Crippen molar-refractivity contribution < 1.29 is 9.53 Å². The molecule has 0 unspecified atom stereocenters. The summed E-state index contributed by atoms with van der Waals surface area (Å²) >= 11 is 0. The van der Waals surface area contributed by atoms with Gasteiger partial charge in [-0.1, -0.05) is 18.2 Å². The lowest BCUT2D eigenvalue weighted by Gasteiger charge is -2.32. The summed E-state index contributed by atoms with van der Waals surface area (Å²) in [7, 11) is 3.64. The zero-order valence-corrected chi connectivity index (χ0v) is 17.1. The Bertz CT molecular complexity index is 770. The number of rotatable bonds is 7. The normalized spacial score (nSPS) is 15.4. The highest BCUT2D eigenvalue weighted by Crippen LogP contribution is 2.25. The summed E-state index contributed by atoms with van der Waals surface area (Å²) in [5.74, 6) is 0.764. The third kappa shape index (κ3) is 5.04. The SMILES string of the molecule is COc1ccc(NC(=O)[C@H](C)N(C)Cc2ccccc2N2CCCCC2)cc1. The van der Waals surface area contributed by atoms with Gasteiger partial charge in [0.25, 0.3) is 0 Å². The first-order valence-electron chi connectivity index (χ1n) is 10.1. The van der Waals surface area contributed by atoms with Gasteiger partial charge in [0, 0.05) is 31.0 Å². The zero-order valence-electron chi connectivity index (χ0n) is 17.1. The Morgan fingerprint density at radius 3 is 2.46 bits per heavy atom. The van der Waals surface area contributed by atoms with Crippen LogP contribution >= 0.6 is 0 Å². The molecule has 0 bridgehead atoms. The van der Waals surface area contributed by atoms with Crippen LogP contribution in [-0.4, -0.2) is 44.1 Å². The molecule has 1 atom stereocenters. The molecular formula is C23H31N3O2. The van der Waals surface area contributed by atoms with E-state index in [1.54, 1.807) is 7.11 Å². The fourth-order valence-electron chi connectivity index (χ4n) is 3.61. The molecule has 0 aliphatic carbocycles. The number of para-hydroxylation sites is 1. The van der Waals surface area contributed by atoms with E-state index in [4.69, 9.17) is 4.74 Å². The predicted molar refractivity (Wildman–Crippen MR) is 115 cm³/mol. The zero-order chi connectivity index (χ0) is 19.9. The maximum Gasteiger partial charge on any atom is 0.241 e. The molecule has 1 fully saturated rings. The number of carbonyl (C=O) groups excluding carboxylic acids is 1. The molecule has 0 radical (unpaired) electrons. The van der Waals surface area contributed by atoms with Gasteiger partial charge in [0.15, 0.2) is 0 Å². The topological polar surface area (TPSA) is 44.8 Å². The molecule has 0 saturated carbocycles. The molecule has 0 spiro atoms. The van der Waals surface area contributed by atoms with Crippen LogP contribution in [0.3, 0.4) is 0 Å². The number of hydrogen-bond donors (Lipinski definition) is 1. The minimum absolute atomic E-state index is 0.0110. The molecule has 1 heterocycles. The van der Waals surface area contributed by atoms with Gasteiger partial charge in [0.2, 0.25) is 5.91 Å². The molecule has 1 saturated heterocycles. The molecule has 1 N–H and O–H groups in total. The first kappa shape index (κ1) is 20.2. The Labute approximate surface area is 168 Å². The summed E-state index contributed by atoms with van der Waals surface area (Å²) in [5, 5.41) is 2.99. The van der Waals surface area contributed by atoms with Gasteiger partial charge in [-0.3, -0.25) is 9.69 Å². The van der Waals surface area contributed by atoms with Crippen LogP contribution in [0.25, 0.3) is 0 Å². The van der Waals surface area contributed by atoms with E-state index in [1.165, 1.54) is 30.5 Å². The van der Waals surface area contributed by atoms with Crippen molar-refractivity contribution in [3.8, 4) is 5.75 Å². The third-order valence-corrected chi connectivity index (χ3v) is 5.51. The molecule has 28 heavy (non-hydrogen) atoms. The van der Waals surface area contributed by atoms with Crippen LogP contribution in [0.4, 0.5) is 11.4 Å². The molecule has 0 aromatic heterocycles. The van der Waals surface area contributed by atoms with Crippen LogP contribution in [0.15, 0.2) is 48.5 Å². The van der Waals surface area contributed by atoms with Crippen LogP contribution in [0.2, 0.25) is 0 Å². The molecule has 5 nitrogen and oxygen atoms in total. The molecule has 1 amide bonds. The van der Waals surface area contributed by atoms with E-state index in [1.807, 2.05) is 38.2 Å². The summed E-state index contributed by atoms with van der Waals surface area (Å²) in [5.41, 5.74) is 3.35. The van der Waals surface area contributed by atoms with Crippen molar-refractivity contribution in [3.05, 3.63) is 54.1 Å². The number of benzene rings is 2. The van der Waals surface area contributed by atoms with E-state index >= 15 is 0 Å². The number of nitrogens with zero attached hydrogens (tertiary/aromatic N) is 2. The molecule has 1 aliphatic heterocycles. The third-order valence-electron chi connectivity index (χ3n) is 5.51. The second kappa shape index (κ2) is 9.60. The van der Waals surface area contributed by atoms with Crippen molar-refractivity contribution in [3.63, 3.8) is 0 Å². The summed E-state index contributed by atoms with van der Waals surface area (Å²) in [4.78, 5) is 17.3. The van der Waals surface area contributed by atoms with E-state index in [9.17, 15) is 4.79 Å². The average Bonchev–Trinajstić information content (AvgIpc) is 2.74. The van der Waals surface area contributed by atoms with Gasteiger partial charge in [0.1, 0.15) is 5.75 Å². The monoisotopic (exact) mass is 381 g/mol. The highest BCUT2D eigenvalue weighted by atomic mass is 16.5. The van der Waals surface area contributed by atoms with Gasteiger partial charge in [0.05, 0.1) is 13.2 Å². The number of nitrogens with one attached hydrogen (secondary N) is 1. The van der Waals surface area contributed by atoms with Gasteiger partial charge in [-0.2, -0.15) is 0 Å². The van der Waals surface area contributed by atoms with Crippen molar-refractivity contribution >= 4 is 17.3 Å². The van der Waals surface area contributed by atoms with Crippen molar-refractivity contribution in [2.75, 3.05) is 37.5 Å². The lowest BCUT2D eigenvalue weighted by molar-refractivity contribution is -0.120. The maximum atomic E-state index is 12.7. The van der Waals surface area contributed by atoms with E-state index in [0.29, 0.717) is 0 Å². The molecule has 3 rings (SSSR count). The highest BCUT2D eigenvalue weighted by Gasteiger charge is 2.21. The van der Waals surface area contributed by atoms with Crippen molar-refractivity contribution in [1.82, 2.24) is 4.90 Å². The number of amides is 1. The van der Waals surface area contributed by atoms with Gasteiger partial charge < -0.3 is 15.0 Å². The van der Waals surface area contributed by atoms with Crippen LogP contribution in [-0.2, 0) is 11.3 Å². The van der Waals surface area contributed by atoms with Gasteiger partial charge in [-0.15, -0.1) is 0 Å². The second-order valence-corrected chi connectivity index (χ2v) is 7.49. The Hall–Kier alpha value is -2.53. The molecule has 2 aromatic carbocycles. The first-order chi connectivity index (χ1) is 13.6. The van der Waals surface area contributed by atoms with Crippen LogP contribution in [0.5, 0.6) is 5.75 Å². The lowest BCUT2D eigenvalue weighted by Crippen LogP contribution is -2.39. The Morgan fingerprint density at radius 2 is 1.79 bits per heavy atom. The van der Waals surface area contributed by atoms with E-state index in [-0.39, 0.29) is 11.9 Å². The molecule has 2 aromatic rings. The fourth-order valence-corrected chi connectivity index (χ4v) is 3.61. The van der Waals surface area contributed by atoms with Gasteiger partial charge in [-0.25, -0.2) is 0 Å². The van der Waals surface area contributed by atoms with Crippen molar-refractivity contribution in [2.45, 2.75) is 38.8 Å². The highest BCUT2D eigenvalue weighted by molar-refractivity contribution is 5.94. The van der Waals surface area contributed by atoms with Crippen LogP contribution in [0.1, 0.15) is 31.7 Å². The van der Waals surface area contributed by atoms with Crippen molar-refractivity contribution in [1.29, 1.82) is 0 Å². The summed E-state index contributed by atoms with van der Waals surface area (Å²) in [6.45, 7) is 4.93. The van der Waals surface area contributed by atoms with Crippen molar-refractivity contribution in [2.24, 2.45) is 0 Å². The Kier molecular flexibility index (Phi) is 6.93. The summed E-state index contributed by atoms with van der Waals surface area (Å²) in [6, 6.07) is 15.7. The number of likely N-dealkylation sites (N-methyl/N-ethyl adjacent to an activating group) is 1. The van der Waals surface area contributed by atoms with Gasteiger partial charge in [-0.05, 0) is 69.1 Å². The summed E-state index contributed by atoms with van der Waals surface area (Å²) in [6.07, 6.45) is 3.83. The number of anilines is 2. The van der Waals surface area contributed by atoms with Gasteiger partial charge >= 0.3 is 0 Å². The largest absolute Gasteiger partial charge is 0.497 e. The molecule has 5 heteroatoms. The molecular weight excluding hydrogens is 350 g/mol. The second-order valence-electron chi connectivity index (χ2n) is 7.49. The minimum Gasteiger partial charge on any atom is -0.497 e. The van der Waals surface area contributed by atoms with E-state index < -0.39 is 0 Å². The molecule has 1 aliphatic rings. The first-order valence-corrected chi connectivity index (χ1v) is 10.1. The maximum absolute atomic E-state index is 12.7. The molecule has 150 valence electrons. The minimum atomic E-state index is -0.239. The number of carbonyl (C=O) groups is 1. The number of ether oxygens (including phenoxy) is 1. The van der Waals surface area contributed by atoms with Crippen LogP contribution < -0.4 is 15.0 Å². The fraction of sp³-hybridized carbons (Fsp3) is 0.435. The number of methoxy groups -OCH3 is 1. The number of piperidine rings is 1. The van der Waals surface area contributed by atoms with E-state index in [2.05, 4.69) is 39.4 Å². The lowest BCUT2D eigenvalue weighted by atomic mass is 10.1. The van der Waals surface area contributed by atoms with Crippen LogP contribution in [0, 0.1) is 0 Å². The smallest absolute Gasteiger partial charge is 0.241 e. The predicted octanol–water partition coefficient (Wildman–Crippen LogP) is 4.14. The van der Waals surface area contributed by atoms with E-state index in [0.717, 1.165) is 31.1 Å². The standard InChI is InChI=1S/C23H31N3O2/c1-18(23(27)24-20-11-13-21(28-3)14-12-20)25(2)17-19-9-5-6-10-22(19)26-15-7-4-8-16-26/h5-6,9-14,18H,4,7-8,15-17H2,1-3H3,(H,24,27)/t18-/m0/s1. The number of hydrogen-bond acceptors (Lipinski definition) is 4. The average molecular weight is 382 g/mol. The Morgan fingerprint density at radius 1 is 1.11 bits per heavy atom.